The summed E-state index contributed by atoms with van der Waals surface area (Å²) in [5, 5.41) is 10.5. The number of fused-ring (bicyclic) bond motifs is 6. The van der Waals surface area contributed by atoms with Crippen molar-refractivity contribution in [3.8, 4) is 11.4 Å². The first kappa shape index (κ1) is 29.5. The van der Waals surface area contributed by atoms with E-state index in [1.165, 1.54) is 75.7 Å². The lowest BCUT2D eigenvalue weighted by atomic mass is 10.1. The quantitative estimate of drug-likeness (QED) is 0.124. The second-order valence-corrected chi connectivity index (χ2v) is 17.1. The predicted octanol–water partition coefficient (Wildman–Crippen LogP) is 9.26. The van der Waals surface area contributed by atoms with Crippen LogP contribution in [0.3, 0.4) is 0 Å². The fourth-order valence-electron chi connectivity index (χ4n) is 8.52. The van der Waals surface area contributed by atoms with Gasteiger partial charge in [-0.3, -0.25) is 0 Å². The van der Waals surface area contributed by atoms with Crippen LogP contribution in [-0.4, -0.2) is 17.2 Å². The summed E-state index contributed by atoms with van der Waals surface area (Å²) in [6.45, 7) is 0. The minimum absolute atomic E-state index is 1.17. The molecule has 0 radical (unpaired) electrons. The van der Waals surface area contributed by atoms with Gasteiger partial charge in [-0.1, -0.05) is 158 Å². The van der Waals surface area contributed by atoms with Crippen molar-refractivity contribution in [2.24, 2.45) is 0 Å². The zero-order chi connectivity index (χ0) is 33.8. The van der Waals surface area contributed by atoms with Gasteiger partial charge in [0.1, 0.15) is 0 Å². The zero-order valence-electron chi connectivity index (χ0n) is 28.0. The average molecular weight is 667 g/mol. The first-order valence-corrected chi connectivity index (χ1v) is 19.6. The standard InChI is InChI=1S/C48H34N2Si/c1-4-17-35(18-5-1)49-47-30-15-12-27-43(47)44-34-40(31-32-48(44)49)51(37-20-6-2-7-21-37,38-22-8-3-9-23-38)39-24-16-19-36(33-39)50-45-28-13-10-25-41(45)42-26-11-14-29-46(42)50/h1-34H. The maximum Gasteiger partial charge on any atom is 0.179 e. The Labute approximate surface area is 298 Å². The molecule has 0 amide bonds. The molecule has 0 saturated heterocycles. The van der Waals surface area contributed by atoms with Crippen LogP contribution in [0.2, 0.25) is 0 Å². The van der Waals surface area contributed by atoms with Crippen molar-refractivity contribution in [3.05, 3.63) is 206 Å². The van der Waals surface area contributed by atoms with E-state index in [1.807, 2.05) is 0 Å². The molecule has 240 valence electrons. The summed E-state index contributed by atoms with van der Waals surface area (Å²) in [4.78, 5) is 0. The van der Waals surface area contributed by atoms with Crippen molar-refractivity contribution in [2.45, 2.75) is 0 Å². The Morgan fingerprint density at radius 3 is 1.22 bits per heavy atom. The molecule has 0 spiro atoms. The molecule has 2 heterocycles. The molecule has 10 aromatic rings. The average Bonchev–Trinajstić information content (AvgIpc) is 3.72. The molecule has 3 heteroatoms. The van der Waals surface area contributed by atoms with E-state index in [-0.39, 0.29) is 0 Å². The van der Waals surface area contributed by atoms with Crippen molar-refractivity contribution in [3.63, 3.8) is 0 Å². The highest BCUT2D eigenvalue weighted by atomic mass is 28.3. The molecular formula is C48H34N2Si. The van der Waals surface area contributed by atoms with Crippen molar-refractivity contribution >= 4 is 72.4 Å². The van der Waals surface area contributed by atoms with Crippen LogP contribution >= 0.6 is 0 Å². The molecule has 0 fully saturated rings. The summed E-state index contributed by atoms with van der Waals surface area (Å²) < 4.78 is 4.85. The molecule has 0 atom stereocenters. The molecule has 0 saturated carbocycles. The number of para-hydroxylation sites is 4. The Bertz CT molecular complexity index is 2760. The van der Waals surface area contributed by atoms with Crippen LogP contribution in [0.1, 0.15) is 0 Å². The van der Waals surface area contributed by atoms with Crippen LogP contribution in [0.5, 0.6) is 0 Å². The Morgan fingerprint density at radius 2 is 0.647 bits per heavy atom. The van der Waals surface area contributed by atoms with Gasteiger partial charge in [-0.25, -0.2) is 0 Å². The molecule has 0 aliphatic rings. The van der Waals surface area contributed by atoms with Gasteiger partial charge in [0.15, 0.2) is 8.07 Å². The molecular weight excluding hydrogens is 633 g/mol. The molecule has 0 unspecified atom stereocenters. The number of hydrogen-bond donors (Lipinski definition) is 0. The fourth-order valence-corrected chi connectivity index (χ4v) is 13.3. The third-order valence-electron chi connectivity index (χ3n) is 10.7. The van der Waals surface area contributed by atoms with Crippen molar-refractivity contribution in [1.82, 2.24) is 9.13 Å². The van der Waals surface area contributed by atoms with Gasteiger partial charge in [-0.15, -0.1) is 0 Å². The van der Waals surface area contributed by atoms with Gasteiger partial charge in [0.05, 0.1) is 22.1 Å². The molecule has 8 aromatic carbocycles. The second-order valence-electron chi connectivity index (χ2n) is 13.3. The Kier molecular flexibility index (Phi) is 6.86. The molecule has 0 N–H and O–H groups in total. The molecule has 2 aromatic heterocycles. The third kappa shape index (κ3) is 4.49. The lowest BCUT2D eigenvalue weighted by molar-refractivity contribution is 1.18. The first-order chi connectivity index (χ1) is 25.3. The fraction of sp³-hybridized carbons (Fsp3) is 0. The number of hydrogen-bond acceptors (Lipinski definition) is 0. The number of aromatic nitrogens is 2. The Balaban J connectivity index is 1.30. The van der Waals surface area contributed by atoms with E-state index in [0.29, 0.717) is 0 Å². The van der Waals surface area contributed by atoms with Crippen LogP contribution in [0.4, 0.5) is 0 Å². The van der Waals surface area contributed by atoms with Gasteiger partial charge >= 0.3 is 0 Å². The largest absolute Gasteiger partial charge is 0.309 e. The molecule has 2 nitrogen and oxygen atoms in total. The van der Waals surface area contributed by atoms with E-state index in [4.69, 9.17) is 0 Å². The molecule has 0 aliphatic heterocycles. The molecule has 51 heavy (non-hydrogen) atoms. The molecule has 0 bridgehead atoms. The predicted molar refractivity (Wildman–Crippen MR) is 219 cm³/mol. The zero-order valence-corrected chi connectivity index (χ0v) is 29.0. The number of benzene rings is 8. The van der Waals surface area contributed by atoms with Crippen molar-refractivity contribution in [2.75, 3.05) is 0 Å². The highest BCUT2D eigenvalue weighted by Crippen LogP contribution is 2.33. The molecule has 0 aliphatic carbocycles. The second kappa shape index (κ2) is 11.9. The maximum absolute atomic E-state index is 2.88. The van der Waals surface area contributed by atoms with E-state index in [1.54, 1.807) is 0 Å². The van der Waals surface area contributed by atoms with Crippen molar-refractivity contribution < 1.29 is 0 Å². The van der Waals surface area contributed by atoms with Crippen LogP contribution in [-0.2, 0) is 0 Å². The van der Waals surface area contributed by atoms with Gasteiger partial charge in [0.2, 0.25) is 0 Å². The van der Waals surface area contributed by atoms with E-state index in [0.717, 1.165) is 0 Å². The van der Waals surface area contributed by atoms with Crippen LogP contribution in [0.25, 0.3) is 55.0 Å². The summed E-state index contributed by atoms with van der Waals surface area (Å²) in [6, 6.07) is 76.3. The monoisotopic (exact) mass is 666 g/mol. The summed E-state index contributed by atoms with van der Waals surface area (Å²) in [6.07, 6.45) is 0. The summed E-state index contributed by atoms with van der Waals surface area (Å²) >= 11 is 0. The highest BCUT2D eigenvalue weighted by Gasteiger charge is 2.42. The minimum atomic E-state index is -2.88. The van der Waals surface area contributed by atoms with Crippen molar-refractivity contribution in [1.29, 1.82) is 0 Å². The summed E-state index contributed by atoms with van der Waals surface area (Å²) in [5.74, 6) is 0. The Hall–Kier alpha value is -6.42. The summed E-state index contributed by atoms with van der Waals surface area (Å²) in [5.41, 5.74) is 7.22. The highest BCUT2D eigenvalue weighted by molar-refractivity contribution is 7.20. The normalized spacial score (nSPS) is 11.9. The Morgan fingerprint density at radius 1 is 0.255 bits per heavy atom. The maximum atomic E-state index is 2.51. The van der Waals surface area contributed by atoms with Gasteiger partial charge in [-0.05, 0) is 69.3 Å². The first-order valence-electron chi connectivity index (χ1n) is 17.6. The number of rotatable bonds is 6. The smallest absolute Gasteiger partial charge is 0.179 e. The van der Waals surface area contributed by atoms with E-state index >= 15 is 0 Å². The van der Waals surface area contributed by atoms with Gasteiger partial charge < -0.3 is 9.13 Å². The SMILES string of the molecule is c1ccc(-n2c3ccccc3c3cc([Si](c4ccccc4)(c4ccccc4)c4cccc(-n5c6ccccc6c6ccccc65)c4)ccc32)cc1. The van der Waals surface area contributed by atoms with E-state index in [9.17, 15) is 0 Å². The van der Waals surface area contributed by atoms with Gasteiger partial charge in [0, 0.05) is 32.9 Å². The van der Waals surface area contributed by atoms with Crippen LogP contribution < -0.4 is 20.7 Å². The summed E-state index contributed by atoms with van der Waals surface area (Å²) in [7, 11) is -2.88. The van der Waals surface area contributed by atoms with Crippen LogP contribution in [0.15, 0.2) is 206 Å². The van der Waals surface area contributed by atoms with E-state index in [2.05, 4.69) is 215 Å². The van der Waals surface area contributed by atoms with Gasteiger partial charge in [-0.2, -0.15) is 0 Å². The lowest BCUT2D eigenvalue weighted by Crippen LogP contribution is -2.74. The van der Waals surface area contributed by atoms with E-state index < -0.39 is 8.07 Å². The van der Waals surface area contributed by atoms with Crippen LogP contribution in [0, 0.1) is 0 Å². The van der Waals surface area contributed by atoms with Gasteiger partial charge in [0.25, 0.3) is 0 Å². The third-order valence-corrected chi connectivity index (χ3v) is 15.4. The molecule has 10 rings (SSSR count). The lowest BCUT2D eigenvalue weighted by Gasteiger charge is -2.35. The topological polar surface area (TPSA) is 9.86 Å². The minimum Gasteiger partial charge on any atom is -0.309 e. The number of nitrogens with zero attached hydrogens (tertiary/aromatic N) is 2.